The quantitative estimate of drug-likeness (QED) is 0.806. The monoisotopic (exact) mass is 370 g/mol. The van der Waals surface area contributed by atoms with Gasteiger partial charge in [0.15, 0.2) is 17.3 Å². The lowest BCUT2D eigenvalue weighted by molar-refractivity contribution is -0.115. The normalized spacial score (nSPS) is 16.7. The Labute approximate surface area is 159 Å². The van der Waals surface area contributed by atoms with Crippen molar-refractivity contribution in [3.8, 4) is 11.5 Å². The predicted octanol–water partition coefficient (Wildman–Crippen LogP) is 3.27. The van der Waals surface area contributed by atoms with Crippen LogP contribution in [0.3, 0.4) is 0 Å². The van der Waals surface area contributed by atoms with E-state index in [0.29, 0.717) is 25.4 Å². The molecule has 0 bridgehead atoms. The number of ether oxygens (including phenoxy) is 2. The molecule has 0 saturated carbocycles. The molecule has 1 aromatic heterocycles. The van der Waals surface area contributed by atoms with Crippen LogP contribution in [0.15, 0.2) is 36.7 Å². The zero-order chi connectivity index (χ0) is 19.1. The summed E-state index contributed by atoms with van der Waals surface area (Å²) >= 11 is 0. The summed E-state index contributed by atoms with van der Waals surface area (Å²) in [4.78, 5) is 22.5. The summed E-state index contributed by atoms with van der Waals surface area (Å²) < 4.78 is 11.9. The number of nitrogens with one attached hydrogen (secondary N) is 1. The zero-order valence-electron chi connectivity index (χ0n) is 15.9. The van der Waals surface area contributed by atoms with Gasteiger partial charge in [-0.05, 0) is 31.9 Å². The summed E-state index contributed by atoms with van der Waals surface area (Å²) in [7, 11) is 0. The summed E-state index contributed by atoms with van der Waals surface area (Å²) in [6.45, 7) is 5.96. The molecule has 1 N–H and O–H groups in total. The summed E-state index contributed by atoms with van der Waals surface area (Å²) in [6.07, 6.45) is 5.69. The van der Waals surface area contributed by atoms with Gasteiger partial charge in [-0.25, -0.2) is 4.98 Å². The Kier molecular flexibility index (Phi) is 6.46. The molecule has 1 aliphatic rings. The number of benzene rings is 1. The van der Waals surface area contributed by atoms with Gasteiger partial charge in [-0.1, -0.05) is 19.1 Å². The van der Waals surface area contributed by atoms with Crippen LogP contribution in [0.5, 0.6) is 11.5 Å². The molecule has 7 heteroatoms. The fraction of sp³-hybridized carbons (Fsp3) is 0.450. The number of amides is 1. The maximum atomic E-state index is 11.6. The Morgan fingerprint density at radius 1 is 1.26 bits per heavy atom. The van der Waals surface area contributed by atoms with Gasteiger partial charge >= 0.3 is 0 Å². The Balaban J connectivity index is 1.68. The van der Waals surface area contributed by atoms with E-state index in [4.69, 9.17) is 9.47 Å². The minimum absolute atomic E-state index is 0.0380. The van der Waals surface area contributed by atoms with Crippen molar-refractivity contribution in [3.05, 3.63) is 36.7 Å². The van der Waals surface area contributed by atoms with E-state index in [1.165, 1.54) is 0 Å². The molecule has 1 unspecified atom stereocenters. The molecule has 7 nitrogen and oxygen atoms in total. The van der Waals surface area contributed by atoms with Gasteiger partial charge in [-0.3, -0.25) is 9.78 Å². The van der Waals surface area contributed by atoms with E-state index in [-0.39, 0.29) is 12.0 Å². The number of hydrogen-bond donors (Lipinski definition) is 1. The van der Waals surface area contributed by atoms with Crippen molar-refractivity contribution in [2.75, 3.05) is 29.9 Å². The molecular weight excluding hydrogens is 344 g/mol. The Morgan fingerprint density at radius 2 is 2.07 bits per heavy atom. The molecular formula is C20H26N4O3. The summed E-state index contributed by atoms with van der Waals surface area (Å²) in [5.74, 6) is 2.68. The average molecular weight is 370 g/mol. The maximum Gasteiger partial charge on any atom is 0.225 e. The molecule has 144 valence electrons. The van der Waals surface area contributed by atoms with E-state index in [1.54, 1.807) is 19.3 Å². The first-order chi connectivity index (χ1) is 13.2. The fourth-order valence-corrected chi connectivity index (χ4v) is 3.04. The van der Waals surface area contributed by atoms with Crippen molar-refractivity contribution in [2.24, 2.45) is 0 Å². The predicted molar refractivity (Wildman–Crippen MR) is 104 cm³/mol. The topological polar surface area (TPSA) is 76.6 Å². The van der Waals surface area contributed by atoms with E-state index >= 15 is 0 Å². The largest absolute Gasteiger partial charge is 0.490 e. The van der Waals surface area contributed by atoms with Crippen molar-refractivity contribution in [1.29, 1.82) is 0 Å². The van der Waals surface area contributed by atoms with E-state index in [9.17, 15) is 4.79 Å². The van der Waals surface area contributed by atoms with Crippen LogP contribution in [0.4, 0.5) is 11.6 Å². The Morgan fingerprint density at radius 3 is 2.85 bits per heavy atom. The lowest BCUT2D eigenvalue weighted by Gasteiger charge is -2.33. The third kappa shape index (κ3) is 5.09. The number of hydrogen-bond acceptors (Lipinski definition) is 6. The Hall–Kier alpha value is -2.83. The van der Waals surface area contributed by atoms with Crippen LogP contribution in [-0.4, -0.2) is 41.7 Å². The second-order valence-corrected chi connectivity index (χ2v) is 6.37. The Bertz CT molecular complexity index is 768. The highest BCUT2D eigenvalue weighted by Crippen LogP contribution is 2.29. The third-order valence-electron chi connectivity index (χ3n) is 4.36. The maximum absolute atomic E-state index is 11.6. The van der Waals surface area contributed by atoms with Gasteiger partial charge in [0.25, 0.3) is 0 Å². The molecule has 1 aliphatic heterocycles. The van der Waals surface area contributed by atoms with Crippen molar-refractivity contribution in [3.63, 3.8) is 0 Å². The highest BCUT2D eigenvalue weighted by Gasteiger charge is 2.24. The number of anilines is 2. The van der Waals surface area contributed by atoms with Crippen molar-refractivity contribution in [1.82, 2.24) is 9.97 Å². The first-order valence-electron chi connectivity index (χ1n) is 9.45. The molecule has 1 atom stereocenters. The fourth-order valence-electron chi connectivity index (χ4n) is 3.04. The number of rotatable bonds is 7. The highest BCUT2D eigenvalue weighted by atomic mass is 16.5. The smallest absolute Gasteiger partial charge is 0.225 e. The molecule has 27 heavy (non-hydrogen) atoms. The summed E-state index contributed by atoms with van der Waals surface area (Å²) in [5.41, 5.74) is 0. The second kappa shape index (κ2) is 9.21. The van der Waals surface area contributed by atoms with Crippen LogP contribution < -0.4 is 19.7 Å². The molecule has 2 heterocycles. The van der Waals surface area contributed by atoms with Crippen LogP contribution in [0.25, 0.3) is 0 Å². The minimum atomic E-state index is -0.0752. The van der Waals surface area contributed by atoms with Gasteiger partial charge in [0.2, 0.25) is 5.91 Å². The van der Waals surface area contributed by atoms with Crippen molar-refractivity contribution < 1.29 is 14.3 Å². The number of carbonyl (C=O) groups is 1. The second-order valence-electron chi connectivity index (χ2n) is 6.37. The molecule has 0 aliphatic carbocycles. The van der Waals surface area contributed by atoms with Gasteiger partial charge in [-0.15, -0.1) is 0 Å². The van der Waals surface area contributed by atoms with Gasteiger partial charge < -0.3 is 19.7 Å². The number of carbonyl (C=O) groups excluding carboxylic acids is 1. The molecule has 0 spiro atoms. The van der Waals surface area contributed by atoms with E-state index in [2.05, 4.69) is 20.2 Å². The van der Waals surface area contributed by atoms with Gasteiger partial charge in [0.1, 0.15) is 11.9 Å². The summed E-state index contributed by atoms with van der Waals surface area (Å²) in [5, 5.41) is 2.76. The lowest BCUT2D eigenvalue weighted by atomic mass is 10.1. The van der Waals surface area contributed by atoms with Crippen molar-refractivity contribution >= 4 is 17.5 Å². The number of para-hydroxylation sites is 2. The molecule has 0 radical (unpaired) electrons. The van der Waals surface area contributed by atoms with Crippen LogP contribution >= 0.6 is 0 Å². The third-order valence-corrected chi connectivity index (χ3v) is 4.36. The van der Waals surface area contributed by atoms with Crippen LogP contribution in [0.1, 0.15) is 33.1 Å². The first kappa shape index (κ1) is 18.9. The van der Waals surface area contributed by atoms with Crippen molar-refractivity contribution in [2.45, 2.75) is 39.2 Å². The van der Waals surface area contributed by atoms with E-state index in [0.717, 1.165) is 36.7 Å². The van der Waals surface area contributed by atoms with Gasteiger partial charge in [-0.2, -0.15) is 0 Å². The number of aromatic nitrogens is 2. The highest BCUT2D eigenvalue weighted by molar-refractivity contribution is 5.89. The average Bonchev–Trinajstić information content (AvgIpc) is 2.70. The minimum Gasteiger partial charge on any atom is -0.490 e. The molecule has 1 aromatic carbocycles. The van der Waals surface area contributed by atoms with E-state index < -0.39 is 0 Å². The molecule has 1 fully saturated rings. The van der Waals surface area contributed by atoms with Crippen LogP contribution in [0.2, 0.25) is 0 Å². The molecule has 1 saturated heterocycles. The SMILES string of the molecule is CCOc1ccccc1OC1CCCN(c2cncc(NC(=O)CC)n2)C1. The standard InChI is InChI=1S/C20H26N4O3/c1-3-20(25)23-18-12-21-13-19(22-18)24-11-7-8-15(14-24)27-17-10-6-5-9-16(17)26-4-2/h5-6,9-10,12-13,15H,3-4,7-8,11,14H2,1-2H3,(H,22,23,25). The number of piperidine rings is 1. The van der Waals surface area contributed by atoms with Gasteiger partial charge in [0, 0.05) is 13.0 Å². The summed E-state index contributed by atoms with van der Waals surface area (Å²) in [6, 6.07) is 7.75. The van der Waals surface area contributed by atoms with E-state index in [1.807, 2.05) is 31.2 Å². The van der Waals surface area contributed by atoms with Crippen LogP contribution in [0, 0.1) is 0 Å². The molecule has 3 rings (SSSR count). The first-order valence-corrected chi connectivity index (χ1v) is 9.45. The number of nitrogens with zero attached hydrogens (tertiary/aromatic N) is 3. The van der Waals surface area contributed by atoms with Crippen LogP contribution in [-0.2, 0) is 4.79 Å². The van der Waals surface area contributed by atoms with Gasteiger partial charge in [0.05, 0.1) is 25.5 Å². The lowest BCUT2D eigenvalue weighted by Crippen LogP contribution is -2.41. The molecule has 2 aromatic rings. The molecule has 1 amide bonds. The zero-order valence-corrected chi connectivity index (χ0v) is 15.9.